The molecule has 0 fully saturated rings. The molecule has 0 bridgehead atoms. The van der Waals surface area contributed by atoms with Gasteiger partial charge in [0.05, 0.1) is 0 Å². The third kappa shape index (κ3) is 4.67. The quantitative estimate of drug-likeness (QED) is 0.590. The number of benzene rings is 2. The molecule has 2 rings (SSSR count). The molecule has 26 heavy (non-hydrogen) atoms. The van der Waals surface area contributed by atoms with Gasteiger partial charge in [0.2, 0.25) is 0 Å². The number of aryl methyl sites for hydroxylation is 1. The maximum atomic E-state index is 12.7. The molecule has 2 aromatic rings. The first-order chi connectivity index (χ1) is 12.3. The highest BCUT2D eigenvalue weighted by Gasteiger charge is 2.31. The van der Waals surface area contributed by atoms with Gasteiger partial charge in [-0.05, 0) is 41.8 Å². The number of alkyl halides is 3. The van der Waals surface area contributed by atoms with Gasteiger partial charge in [0.15, 0.2) is 0 Å². The molecule has 0 spiro atoms. The third-order valence-electron chi connectivity index (χ3n) is 3.67. The Bertz CT molecular complexity index is 875. The van der Waals surface area contributed by atoms with Crippen molar-refractivity contribution in [2.75, 3.05) is 7.05 Å². The minimum atomic E-state index is -4.82. The van der Waals surface area contributed by atoms with Gasteiger partial charge >= 0.3 is 6.36 Å². The predicted molar refractivity (Wildman–Crippen MR) is 95.1 cm³/mol. The second-order valence-electron chi connectivity index (χ2n) is 5.51. The number of nitrogens with zero attached hydrogens (tertiary/aromatic N) is 1. The molecule has 0 heterocycles. The van der Waals surface area contributed by atoms with Gasteiger partial charge in [0.1, 0.15) is 17.5 Å². The van der Waals surface area contributed by atoms with E-state index >= 15 is 0 Å². The van der Waals surface area contributed by atoms with Gasteiger partial charge in [-0.15, -0.1) is 13.2 Å². The lowest BCUT2D eigenvalue weighted by Crippen LogP contribution is -2.17. The summed E-state index contributed by atoms with van der Waals surface area (Å²) < 4.78 is 42.3. The Balaban J connectivity index is 2.68. The molecule has 1 N–H and O–H groups in total. The summed E-state index contributed by atoms with van der Waals surface area (Å²) in [6.07, 6.45) is -3.40. The molecule has 0 amide bonds. The highest BCUT2D eigenvalue weighted by Crippen LogP contribution is 2.33. The van der Waals surface area contributed by atoms with Crippen LogP contribution in [0.1, 0.15) is 11.1 Å². The maximum absolute atomic E-state index is 12.7. The van der Waals surface area contributed by atoms with Crippen LogP contribution < -0.4 is 10.1 Å². The summed E-state index contributed by atoms with van der Waals surface area (Å²) in [5.74, 6) is -0.363. The van der Waals surface area contributed by atoms with Gasteiger partial charge in [-0.25, -0.2) is 0 Å². The van der Waals surface area contributed by atoms with Crippen molar-refractivity contribution in [1.82, 2.24) is 5.32 Å². The summed E-state index contributed by atoms with van der Waals surface area (Å²) in [6, 6.07) is 13.6. The van der Waals surface area contributed by atoms with Crippen molar-refractivity contribution < 1.29 is 17.9 Å². The lowest BCUT2D eigenvalue weighted by Gasteiger charge is -2.14. The molecular formula is C20H17F3N2O. The second kappa shape index (κ2) is 7.79. The van der Waals surface area contributed by atoms with Gasteiger partial charge in [-0.2, -0.15) is 5.26 Å². The number of nitrogens with one attached hydrogen (secondary N) is 1. The van der Waals surface area contributed by atoms with Crippen LogP contribution in [0.4, 0.5) is 13.2 Å². The van der Waals surface area contributed by atoms with Crippen molar-refractivity contribution in [3.8, 4) is 22.9 Å². The number of halogens is 3. The fraction of sp³-hybridized carbons (Fsp3) is 0.150. The van der Waals surface area contributed by atoms with Crippen molar-refractivity contribution >= 4 is 5.57 Å². The average molecular weight is 358 g/mol. The maximum Gasteiger partial charge on any atom is 0.573 e. The van der Waals surface area contributed by atoms with Crippen LogP contribution in [0.25, 0.3) is 16.7 Å². The monoisotopic (exact) mass is 358 g/mol. The molecule has 2 aromatic carbocycles. The number of hydrogen-bond acceptors (Lipinski definition) is 3. The SMILES string of the molecule is C=C/C(=C(/C#N)NC)c1cc(OC(F)(F)F)cc(-c2ccc(C)cc2)c1. The highest BCUT2D eigenvalue weighted by molar-refractivity contribution is 5.82. The van der Waals surface area contributed by atoms with Crippen molar-refractivity contribution in [2.45, 2.75) is 13.3 Å². The smallest absolute Gasteiger partial charge is 0.406 e. The molecule has 0 unspecified atom stereocenters. The van der Waals surface area contributed by atoms with E-state index in [0.717, 1.165) is 11.1 Å². The summed E-state index contributed by atoms with van der Waals surface area (Å²) in [7, 11) is 1.55. The van der Waals surface area contributed by atoms with E-state index in [4.69, 9.17) is 0 Å². The van der Waals surface area contributed by atoms with Crippen molar-refractivity contribution in [1.29, 1.82) is 5.26 Å². The number of allylic oxidation sites excluding steroid dienone is 3. The fourth-order valence-corrected chi connectivity index (χ4v) is 2.47. The molecule has 0 aromatic heterocycles. The van der Waals surface area contributed by atoms with Crippen LogP contribution in [-0.2, 0) is 0 Å². The summed E-state index contributed by atoms with van der Waals surface area (Å²) >= 11 is 0. The van der Waals surface area contributed by atoms with E-state index in [1.54, 1.807) is 13.1 Å². The minimum absolute atomic E-state index is 0.194. The molecule has 0 aliphatic carbocycles. The number of hydrogen-bond donors (Lipinski definition) is 1. The van der Waals surface area contributed by atoms with Gasteiger partial charge in [0, 0.05) is 12.6 Å². The summed E-state index contributed by atoms with van der Waals surface area (Å²) in [5, 5.41) is 12.0. The molecule has 0 aliphatic rings. The first-order valence-electron chi connectivity index (χ1n) is 7.70. The Morgan fingerprint density at radius 3 is 2.31 bits per heavy atom. The van der Waals surface area contributed by atoms with Gasteiger partial charge in [-0.1, -0.05) is 42.5 Å². The molecular weight excluding hydrogens is 341 g/mol. The molecule has 3 nitrogen and oxygen atoms in total. The zero-order valence-corrected chi connectivity index (χ0v) is 14.3. The Morgan fingerprint density at radius 1 is 1.15 bits per heavy atom. The molecule has 0 saturated heterocycles. The van der Waals surface area contributed by atoms with E-state index in [0.29, 0.717) is 16.7 Å². The van der Waals surface area contributed by atoms with E-state index in [1.165, 1.54) is 18.2 Å². The van der Waals surface area contributed by atoms with E-state index in [2.05, 4.69) is 16.6 Å². The van der Waals surface area contributed by atoms with Crippen LogP contribution in [-0.4, -0.2) is 13.4 Å². The largest absolute Gasteiger partial charge is 0.573 e. The minimum Gasteiger partial charge on any atom is -0.406 e. The molecule has 0 radical (unpaired) electrons. The molecule has 0 atom stereocenters. The molecule has 0 aliphatic heterocycles. The van der Waals surface area contributed by atoms with Crippen LogP contribution in [0, 0.1) is 18.3 Å². The average Bonchev–Trinajstić information content (AvgIpc) is 2.58. The number of nitriles is 1. The zero-order valence-electron chi connectivity index (χ0n) is 14.3. The van der Waals surface area contributed by atoms with Crippen LogP contribution in [0.3, 0.4) is 0 Å². The number of ether oxygens (including phenoxy) is 1. The topological polar surface area (TPSA) is 45.0 Å². The van der Waals surface area contributed by atoms with Gasteiger partial charge in [-0.3, -0.25) is 0 Å². The first kappa shape index (κ1) is 19.1. The van der Waals surface area contributed by atoms with Crippen molar-refractivity contribution in [3.05, 3.63) is 71.9 Å². The predicted octanol–water partition coefficient (Wildman–Crippen LogP) is 5.20. The van der Waals surface area contributed by atoms with Gasteiger partial charge < -0.3 is 10.1 Å². The summed E-state index contributed by atoms with van der Waals surface area (Å²) in [4.78, 5) is 0. The van der Waals surface area contributed by atoms with Crippen LogP contribution in [0.2, 0.25) is 0 Å². The summed E-state index contributed by atoms with van der Waals surface area (Å²) in [6.45, 7) is 5.58. The molecule has 6 heteroatoms. The Kier molecular flexibility index (Phi) is 5.73. The van der Waals surface area contributed by atoms with Crippen molar-refractivity contribution in [2.24, 2.45) is 0 Å². The van der Waals surface area contributed by atoms with Crippen LogP contribution >= 0.6 is 0 Å². The summed E-state index contributed by atoms with van der Waals surface area (Å²) in [5.41, 5.74) is 3.27. The molecule has 134 valence electrons. The fourth-order valence-electron chi connectivity index (χ4n) is 2.47. The lowest BCUT2D eigenvalue weighted by molar-refractivity contribution is -0.274. The number of rotatable bonds is 5. The zero-order chi connectivity index (χ0) is 19.3. The Labute approximate surface area is 150 Å². The second-order valence-corrected chi connectivity index (χ2v) is 5.51. The van der Waals surface area contributed by atoms with E-state index in [9.17, 15) is 18.4 Å². The van der Waals surface area contributed by atoms with E-state index < -0.39 is 6.36 Å². The normalized spacial score (nSPS) is 12.0. The third-order valence-corrected chi connectivity index (χ3v) is 3.67. The molecule has 0 saturated carbocycles. The standard InChI is InChI=1S/C20H17F3N2O/c1-4-18(19(12-24)25-3)16-9-15(14-7-5-13(2)6-8-14)10-17(11-16)26-20(21,22)23/h4-11,25H,1H2,2-3H3/b19-18+. The van der Waals surface area contributed by atoms with Crippen LogP contribution in [0.5, 0.6) is 5.75 Å². The first-order valence-corrected chi connectivity index (χ1v) is 7.70. The lowest BCUT2D eigenvalue weighted by atomic mass is 9.97. The Morgan fingerprint density at radius 2 is 1.81 bits per heavy atom. The van der Waals surface area contributed by atoms with Crippen molar-refractivity contribution in [3.63, 3.8) is 0 Å². The van der Waals surface area contributed by atoms with Gasteiger partial charge in [0.25, 0.3) is 0 Å². The highest BCUT2D eigenvalue weighted by atomic mass is 19.4. The van der Waals surface area contributed by atoms with E-state index in [-0.39, 0.29) is 11.4 Å². The van der Waals surface area contributed by atoms with Crippen LogP contribution in [0.15, 0.2) is 60.8 Å². The van der Waals surface area contributed by atoms with E-state index in [1.807, 2.05) is 37.3 Å². The Hall–Kier alpha value is -3.20.